The van der Waals surface area contributed by atoms with Crippen LogP contribution in [0.15, 0.2) is 18.2 Å². The van der Waals surface area contributed by atoms with Crippen molar-refractivity contribution in [2.24, 2.45) is 11.7 Å². The maximum absolute atomic E-state index is 13.4. The Morgan fingerprint density at radius 2 is 1.65 bits per heavy atom. The van der Waals surface area contributed by atoms with Crippen LogP contribution in [-0.2, 0) is 14.3 Å². The van der Waals surface area contributed by atoms with Crippen molar-refractivity contribution in [3.05, 3.63) is 29.3 Å². The van der Waals surface area contributed by atoms with Crippen LogP contribution in [0.3, 0.4) is 0 Å². The predicted molar refractivity (Wildman–Crippen MR) is 111 cm³/mol. The number of nitrogens with zero attached hydrogens (tertiary/aromatic N) is 2. The molecule has 1 amide bonds. The Hall–Kier alpha value is -2.06. The van der Waals surface area contributed by atoms with Crippen LogP contribution >= 0.6 is 24.4 Å². The Bertz CT molecular complexity index is 714. The summed E-state index contributed by atoms with van der Waals surface area (Å²) in [5, 5.41) is 0. The number of methoxy groups -OCH3 is 1. The number of rotatable bonds is 6. The lowest BCUT2D eigenvalue weighted by Gasteiger charge is -2.34. The van der Waals surface area contributed by atoms with E-state index in [0.717, 1.165) is 11.1 Å². The van der Waals surface area contributed by atoms with Gasteiger partial charge in [0, 0.05) is 14.1 Å². The number of benzene rings is 1. The molecule has 2 unspecified atom stereocenters. The number of nitrogens with two attached hydrogens (primary N) is 1. The summed E-state index contributed by atoms with van der Waals surface area (Å²) >= 11 is 10.5. The Morgan fingerprint density at radius 1 is 1.15 bits per heavy atom. The lowest BCUT2D eigenvalue weighted by molar-refractivity contribution is -0.143. The number of ether oxygens (including phenoxy) is 1. The van der Waals surface area contributed by atoms with Crippen LogP contribution in [0.5, 0.6) is 0 Å². The van der Waals surface area contributed by atoms with Gasteiger partial charge in [0.1, 0.15) is 12.0 Å². The number of carbonyl (C=O) groups is 2. The SMILES string of the molecule is COC(=O)C(C)N(C(=O)C(C(N)=S)C(=S)N(C)C)c1c(C)cccc1C. The van der Waals surface area contributed by atoms with Gasteiger partial charge in [-0.2, -0.15) is 0 Å². The van der Waals surface area contributed by atoms with Crippen LogP contribution in [0.1, 0.15) is 18.1 Å². The summed E-state index contributed by atoms with van der Waals surface area (Å²) in [5.41, 5.74) is 8.13. The van der Waals surface area contributed by atoms with Crippen LogP contribution in [0, 0.1) is 19.8 Å². The van der Waals surface area contributed by atoms with Crippen LogP contribution in [0.2, 0.25) is 0 Å². The molecule has 0 aliphatic carbocycles. The summed E-state index contributed by atoms with van der Waals surface area (Å²) < 4.78 is 4.85. The number of anilines is 1. The smallest absolute Gasteiger partial charge is 0.328 e. The molecule has 0 saturated carbocycles. The summed E-state index contributed by atoms with van der Waals surface area (Å²) in [4.78, 5) is 28.9. The van der Waals surface area contributed by atoms with E-state index in [1.165, 1.54) is 12.0 Å². The Kier molecular flexibility index (Phi) is 7.65. The number of esters is 1. The predicted octanol–water partition coefficient (Wildman–Crippen LogP) is 1.99. The fourth-order valence-electron chi connectivity index (χ4n) is 2.70. The highest BCUT2D eigenvalue weighted by Gasteiger charge is 2.38. The molecule has 142 valence electrons. The molecule has 2 atom stereocenters. The van der Waals surface area contributed by atoms with Crippen LogP contribution in [-0.4, -0.2) is 54.0 Å². The first-order valence-electron chi connectivity index (χ1n) is 8.02. The first kappa shape index (κ1) is 22.0. The molecule has 1 aromatic rings. The Balaban J connectivity index is 3.59. The summed E-state index contributed by atoms with van der Waals surface area (Å²) in [6, 6.07) is 4.75. The first-order valence-corrected chi connectivity index (χ1v) is 8.83. The van der Waals surface area contributed by atoms with Crippen molar-refractivity contribution in [3.8, 4) is 0 Å². The lowest BCUT2D eigenvalue weighted by Crippen LogP contribution is -2.53. The normalized spacial score (nSPS) is 12.7. The number of para-hydroxylation sites is 1. The number of hydrogen-bond donors (Lipinski definition) is 1. The molecule has 26 heavy (non-hydrogen) atoms. The average Bonchev–Trinajstić information content (AvgIpc) is 2.56. The molecule has 0 fully saturated rings. The average molecular weight is 396 g/mol. The van der Waals surface area contributed by atoms with Crippen LogP contribution in [0.4, 0.5) is 5.69 Å². The molecule has 1 aromatic carbocycles. The van der Waals surface area contributed by atoms with Crippen molar-refractivity contribution in [3.63, 3.8) is 0 Å². The molecule has 0 aliphatic rings. The quantitative estimate of drug-likeness (QED) is 0.583. The van der Waals surface area contributed by atoms with Gasteiger partial charge in [0.25, 0.3) is 0 Å². The number of amides is 1. The van der Waals surface area contributed by atoms with Crippen LogP contribution in [0.25, 0.3) is 0 Å². The van der Waals surface area contributed by atoms with Crippen molar-refractivity contribution >= 4 is 52.0 Å². The Morgan fingerprint density at radius 3 is 2.04 bits per heavy atom. The van der Waals surface area contributed by atoms with Gasteiger partial charge in [0.05, 0.1) is 22.8 Å². The van der Waals surface area contributed by atoms with E-state index in [1.54, 1.807) is 25.9 Å². The third kappa shape index (κ3) is 4.56. The molecule has 0 aromatic heterocycles. The highest BCUT2D eigenvalue weighted by molar-refractivity contribution is 7.82. The van der Waals surface area contributed by atoms with Gasteiger partial charge >= 0.3 is 5.97 Å². The van der Waals surface area contributed by atoms with E-state index in [-0.39, 0.29) is 9.98 Å². The molecular weight excluding hydrogens is 370 g/mol. The van der Waals surface area contributed by atoms with Gasteiger partial charge in [-0.1, -0.05) is 42.6 Å². The van der Waals surface area contributed by atoms with Gasteiger partial charge in [0.15, 0.2) is 0 Å². The molecule has 0 radical (unpaired) electrons. The molecular formula is C18H25N3O3S2. The molecule has 0 spiro atoms. The molecule has 8 heteroatoms. The second-order valence-corrected chi connectivity index (χ2v) is 7.11. The number of aryl methyl sites for hydroxylation is 2. The second-order valence-electron chi connectivity index (χ2n) is 6.22. The van der Waals surface area contributed by atoms with Crippen molar-refractivity contribution < 1.29 is 14.3 Å². The third-order valence-electron chi connectivity index (χ3n) is 4.07. The molecule has 6 nitrogen and oxygen atoms in total. The van der Waals surface area contributed by atoms with Gasteiger partial charge in [-0.05, 0) is 31.9 Å². The molecule has 2 N–H and O–H groups in total. The fraction of sp³-hybridized carbons (Fsp3) is 0.444. The van der Waals surface area contributed by atoms with E-state index in [1.807, 2.05) is 32.0 Å². The van der Waals surface area contributed by atoms with Gasteiger partial charge in [-0.15, -0.1) is 0 Å². The van der Waals surface area contributed by atoms with Crippen molar-refractivity contribution in [2.75, 3.05) is 26.1 Å². The van der Waals surface area contributed by atoms with Gasteiger partial charge in [-0.3, -0.25) is 9.69 Å². The molecule has 0 heterocycles. The first-order chi connectivity index (χ1) is 12.0. The number of hydrogen-bond acceptors (Lipinski definition) is 5. The Labute approximate surface area is 165 Å². The largest absolute Gasteiger partial charge is 0.467 e. The highest BCUT2D eigenvalue weighted by Crippen LogP contribution is 2.29. The zero-order valence-electron chi connectivity index (χ0n) is 15.9. The number of thiocarbonyl (C=S) groups is 2. The van der Waals surface area contributed by atoms with Crippen LogP contribution < -0.4 is 10.6 Å². The summed E-state index contributed by atoms with van der Waals surface area (Å²) in [6.07, 6.45) is 0. The molecule has 0 bridgehead atoms. The minimum atomic E-state index is -0.999. The molecule has 0 saturated heterocycles. The maximum atomic E-state index is 13.4. The zero-order chi connectivity index (χ0) is 20.2. The summed E-state index contributed by atoms with van der Waals surface area (Å²) in [7, 11) is 4.71. The van der Waals surface area contributed by atoms with E-state index >= 15 is 0 Å². The topological polar surface area (TPSA) is 75.9 Å². The lowest BCUT2D eigenvalue weighted by atomic mass is 10.0. The zero-order valence-corrected chi connectivity index (χ0v) is 17.5. The highest BCUT2D eigenvalue weighted by atomic mass is 32.1. The van der Waals surface area contributed by atoms with Gasteiger partial charge in [-0.25, -0.2) is 4.79 Å². The van der Waals surface area contributed by atoms with Crippen molar-refractivity contribution in [2.45, 2.75) is 26.8 Å². The summed E-state index contributed by atoms with van der Waals surface area (Å²) in [5.74, 6) is -1.99. The molecule has 1 rings (SSSR count). The fourth-order valence-corrected chi connectivity index (χ4v) is 3.22. The third-order valence-corrected chi connectivity index (χ3v) is 4.90. The van der Waals surface area contributed by atoms with E-state index in [0.29, 0.717) is 5.69 Å². The number of carbonyl (C=O) groups excluding carboxylic acids is 2. The van der Waals surface area contributed by atoms with Crippen molar-refractivity contribution in [1.29, 1.82) is 0 Å². The van der Waals surface area contributed by atoms with E-state index in [2.05, 4.69) is 0 Å². The van der Waals surface area contributed by atoms with Crippen molar-refractivity contribution in [1.82, 2.24) is 4.90 Å². The summed E-state index contributed by atoms with van der Waals surface area (Å²) in [6.45, 7) is 5.34. The van der Waals surface area contributed by atoms with E-state index in [4.69, 9.17) is 34.9 Å². The molecule has 0 aliphatic heterocycles. The van der Waals surface area contributed by atoms with E-state index in [9.17, 15) is 9.59 Å². The van der Waals surface area contributed by atoms with Gasteiger partial charge < -0.3 is 15.4 Å². The minimum absolute atomic E-state index is 0.0398. The monoisotopic (exact) mass is 395 g/mol. The second kappa shape index (κ2) is 9.05. The maximum Gasteiger partial charge on any atom is 0.328 e. The minimum Gasteiger partial charge on any atom is -0.467 e. The van der Waals surface area contributed by atoms with E-state index < -0.39 is 23.8 Å². The van der Waals surface area contributed by atoms with Gasteiger partial charge in [0.2, 0.25) is 5.91 Å². The standard InChI is InChI=1S/C18H25N3O3S2/c1-10-8-7-9-11(2)14(10)21(12(3)18(23)24-6)16(22)13(15(19)25)17(26)20(4)5/h7-9,12-13H,1-6H3,(H2,19,25).